The van der Waals surface area contributed by atoms with E-state index in [0.29, 0.717) is 12.0 Å². The van der Waals surface area contributed by atoms with Gasteiger partial charge in [-0.3, -0.25) is 0 Å². The first-order valence-corrected chi connectivity index (χ1v) is 7.35. The van der Waals surface area contributed by atoms with Gasteiger partial charge in [-0.25, -0.2) is 0 Å². The van der Waals surface area contributed by atoms with E-state index in [0.717, 1.165) is 24.5 Å². The molecule has 1 aromatic carbocycles. The van der Waals surface area contributed by atoms with Crippen LogP contribution in [0, 0.1) is 11.3 Å². The number of ether oxygens (including phenoxy) is 2. The van der Waals surface area contributed by atoms with Crippen LogP contribution >= 0.6 is 0 Å². The van der Waals surface area contributed by atoms with Crippen molar-refractivity contribution in [1.82, 2.24) is 5.32 Å². The third-order valence-corrected chi connectivity index (χ3v) is 4.06. The smallest absolute Gasteiger partial charge is 0.161 e. The van der Waals surface area contributed by atoms with Gasteiger partial charge in [0.2, 0.25) is 0 Å². The molecule has 2 unspecified atom stereocenters. The van der Waals surface area contributed by atoms with Gasteiger partial charge in [0.15, 0.2) is 11.5 Å². The molecule has 0 spiro atoms. The van der Waals surface area contributed by atoms with E-state index in [-0.39, 0.29) is 5.41 Å². The van der Waals surface area contributed by atoms with Gasteiger partial charge < -0.3 is 14.8 Å². The SMILES string of the molecule is COc1cc2c(cc1OC)C(C(C)(C)C)NCC(C)C2. The fourth-order valence-electron chi connectivity index (χ4n) is 3.03. The molecule has 1 N–H and O–H groups in total. The van der Waals surface area contributed by atoms with Crippen LogP contribution in [-0.4, -0.2) is 20.8 Å². The summed E-state index contributed by atoms with van der Waals surface area (Å²) in [5, 5.41) is 3.72. The fraction of sp³-hybridized carbons (Fsp3) is 0.647. The van der Waals surface area contributed by atoms with Crippen molar-refractivity contribution in [2.45, 2.75) is 40.2 Å². The van der Waals surface area contributed by atoms with Crippen LogP contribution in [0.4, 0.5) is 0 Å². The lowest BCUT2D eigenvalue weighted by atomic mass is 9.80. The van der Waals surface area contributed by atoms with E-state index in [1.54, 1.807) is 14.2 Å². The van der Waals surface area contributed by atoms with Crippen LogP contribution in [-0.2, 0) is 6.42 Å². The number of nitrogens with one attached hydrogen (secondary N) is 1. The Kier molecular flexibility index (Phi) is 4.28. The molecule has 0 saturated heterocycles. The zero-order chi connectivity index (χ0) is 14.9. The van der Waals surface area contributed by atoms with Gasteiger partial charge in [0.1, 0.15) is 0 Å². The average Bonchev–Trinajstić information content (AvgIpc) is 2.54. The van der Waals surface area contributed by atoms with E-state index >= 15 is 0 Å². The van der Waals surface area contributed by atoms with Gasteiger partial charge in [0.25, 0.3) is 0 Å². The minimum absolute atomic E-state index is 0.165. The standard InChI is InChI=1S/C17H27NO2/c1-11-7-12-8-14(19-5)15(20-6)9-13(12)16(18-10-11)17(2,3)4/h8-9,11,16,18H,7,10H2,1-6H3. The predicted molar refractivity (Wildman–Crippen MR) is 82.6 cm³/mol. The second-order valence-electron chi connectivity index (χ2n) is 6.92. The number of benzene rings is 1. The van der Waals surface area contributed by atoms with Crippen LogP contribution in [0.3, 0.4) is 0 Å². The lowest BCUT2D eigenvalue weighted by Crippen LogP contribution is -2.33. The van der Waals surface area contributed by atoms with Crippen molar-refractivity contribution in [1.29, 1.82) is 0 Å². The van der Waals surface area contributed by atoms with Crippen LogP contribution in [0.25, 0.3) is 0 Å². The highest BCUT2D eigenvalue weighted by atomic mass is 16.5. The molecule has 3 heteroatoms. The van der Waals surface area contributed by atoms with Gasteiger partial charge >= 0.3 is 0 Å². The summed E-state index contributed by atoms with van der Waals surface area (Å²) in [6.07, 6.45) is 1.08. The molecule has 0 bridgehead atoms. The Hall–Kier alpha value is -1.22. The Morgan fingerprint density at radius 1 is 1.10 bits per heavy atom. The van der Waals surface area contributed by atoms with Crippen LogP contribution in [0.15, 0.2) is 12.1 Å². The van der Waals surface area contributed by atoms with Gasteiger partial charge in [-0.1, -0.05) is 27.7 Å². The van der Waals surface area contributed by atoms with Crippen molar-refractivity contribution in [2.24, 2.45) is 11.3 Å². The van der Waals surface area contributed by atoms with Crippen molar-refractivity contribution in [2.75, 3.05) is 20.8 Å². The summed E-state index contributed by atoms with van der Waals surface area (Å²) in [4.78, 5) is 0. The molecule has 0 fully saturated rings. The zero-order valence-corrected chi connectivity index (χ0v) is 13.5. The first-order valence-electron chi connectivity index (χ1n) is 7.35. The highest BCUT2D eigenvalue weighted by molar-refractivity contribution is 5.49. The highest BCUT2D eigenvalue weighted by Gasteiger charge is 2.31. The van der Waals surface area contributed by atoms with Crippen molar-refractivity contribution in [3.8, 4) is 11.5 Å². The summed E-state index contributed by atoms with van der Waals surface area (Å²) in [7, 11) is 3.40. The van der Waals surface area contributed by atoms with Crippen LogP contribution in [0.1, 0.15) is 44.9 Å². The molecule has 0 amide bonds. The molecule has 20 heavy (non-hydrogen) atoms. The summed E-state index contributed by atoms with van der Waals surface area (Å²) < 4.78 is 10.9. The first-order chi connectivity index (χ1) is 9.36. The maximum Gasteiger partial charge on any atom is 0.161 e. The Morgan fingerprint density at radius 3 is 2.25 bits per heavy atom. The van der Waals surface area contributed by atoms with Gasteiger partial charge in [-0.2, -0.15) is 0 Å². The molecular weight excluding hydrogens is 250 g/mol. The number of hydrogen-bond donors (Lipinski definition) is 1. The second-order valence-corrected chi connectivity index (χ2v) is 6.92. The Balaban J connectivity index is 2.56. The summed E-state index contributed by atoms with van der Waals surface area (Å²) in [6, 6.07) is 4.63. The summed E-state index contributed by atoms with van der Waals surface area (Å²) >= 11 is 0. The first kappa shape index (κ1) is 15.2. The zero-order valence-electron chi connectivity index (χ0n) is 13.5. The van der Waals surface area contributed by atoms with Gasteiger partial charge in [-0.05, 0) is 47.6 Å². The van der Waals surface area contributed by atoms with E-state index in [1.165, 1.54) is 11.1 Å². The molecule has 3 nitrogen and oxygen atoms in total. The number of rotatable bonds is 2. The van der Waals surface area contributed by atoms with Gasteiger partial charge in [0, 0.05) is 6.04 Å². The monoisotopic (exact) mass is 277 g/mol. The number of hydrogen-bond acceptors (Lipinski definition) is 3. The third kappa shape index (κ3) is 2.93. The summed E-state index contributed by atoms with van der Waals surface area (Å²) in [5.74, 6) is 2.27. The second kappa shape index (κ2) is 5.65. The molecule has 0 saturated carbocycles. The molecule has 2 rings (SSSR count). The van der Waals surface area contributed by atoms with E-state index < -0.39 is 0 Å². The van der Waals surface area contributed by atoms with Crippen LogP contribution in [0.2, 0.25) is 0 Å². The van der Waals surface area contributed by atoms with Gasteiger partial charge in [-0.15, -0.1) is 0 Å². The van der Waals surface area contributed by atoms with E-state index in [9.17, 15) is 0 Å². The van der Waals surface area contributed by atoms with E-state index in [4.69, 9.17) is 9.47 Å². The van der Waals surface area contributed by atoms with Crippen molar-refractivity contribution in [3.05, 3.63) is 23.3 Å². The van der Waals surface area contributed by atoms with Crippen molar-refractivity contribution < 1.29 is 9.47 Å². The summed E-state index contributed by atoms with van der Waals surface area (Å²) in [6.45, 7) is 10.2. The molecule has 0 radical (unpaired) electrons. The van der Waals surface area contributed by atoms with Crippen LogP contribution in [0.5, 0.6) is 11.5 Å². The molecule has 2 atom stereocenters. The quantitative estimate of drug-likeness (QED) is 0.896. The molecular formula is C17H27NO2. The third-order valence-electron chi connectivity index (χ3n) is 4.06. The maximum absolute atomic E-state index is 5.48. The average molecular weight is 277 g/mol. The minimum atomic E-state index is 0.165. The lowest BCUT2D eigenvalue weighted by Gasteiger charge is -2.32. The Labute approximate surface area is 122 Å². The maximum atomic E-state index is 5.48. The van der Waals surface area contributed by atoms with E-state index in [2.05, 4.69) is 45.1 Å². The van der Waals surface area contributed by atoms with Gasteiger partial charge in [0.05, 0.1) is 14.2 Å². The highest BCUT2D eigenvalue weighted by Crippen LogP contribution is 2.41. The van der Waals surface area contributed by atoms with Crippen LogP contribution < -0.4 is 14.8 Å². The van der Waals surface area contributed by atoms with Crippen molar-refractivity contribution >= 4 is 0 Å². The lowest BCUT2D eigenvalue weighted by molar-refractivity contribution is 0.268. The molecule has 1 aliphatic heterocycles. The molecule has 112 valence electrons. The van der Waals surface area contributed by atoms with E-state index in [1.807, 2.05) is 0 Å². The molecule has 0 aliphatic carbocycles. The summed E-state index contributed by atoms with van der Waals surface area (Å²) in [5.41, 5.74) is 2.89. The normalized spacial score (nSPS) is 22.9. The Bertz CT molecular complexity index is 477. The Morgan fingerprint density at radius 2 is 1.70 bits per heavy atom. The molecule has 1 heterocycles. The van der Waals surface area contributed by atoms with Crippen molar-refractivity contribution in [3.63, 3.8) is 0 Å². The molecule has 0 aromatic heterocycles. The molecule has 1 aliphatic rings. The number of methoxy groups -OCH3 is 2. The number of fused-ring (bicyclic) bond motifs is 1. The largest absolute Gasteiger partial charge is 0.493 e. The predicted octanol–water partition coefficient (Wildman–Crippen LogP) is 3.57. The fourth-order valence-corrected chi connectivity index (χ4v) is 3.03. The topological polar surface area (TPSA) is 30.5 Å². The molecule has 1 aromatic rings. The minimum Gasteiger partial charge on any atom is -0.493 e.